The van der Waals surface area contributed by atoms with Gasteiger partial charge in [0.25, 0.3) is 5.91 Å². The van der Waals surface area contributed by atoms with E-state index >= 15 is 8.78 Å². The van der Waals surface area contributed by atoms with Crippen LogP contribution in [0.25, 0.3) is 11.3 Å². The molecule has 2 aliphatic rings. The van der Waals surface area contributed by atoms with E-state index in [2.05, 4.69) is 16.0 Å². The Morgan fingerprint density at radius 2 is 1.69 bits per heavy atom. The fraction of sp³-hybridized carbons (Fsp3) is 0.342. The van der Waals surface area contributed by atoms with E-state index in [1.807, 2.05) is 69.0 Å². The summed E-state index contributed by atoms with van der Waals surface area (Å²) in [4.78, 5) is 51.0. The molecule has 0 radical (unpaired) electrons. The van der Waals surface area contributed by atoms with Crippen molar-refractivity contribution < 1.29 is 28.3 Å². The summed E-state index contributed by atoms with van der Waals surface area (Å²) in [5.41, 5.74) is 2.66. The number of fused-ring (bicyclic) bond motifs is 1. The van der Waals surface area contributed by atoms with Crippen LogP contribution in [-0.2, 0) is 13.1 Å². The summed E-state index contributed by atoms with van der Waals surface area (Å²) in [6, 6.07) is 17.1. The number of anilines is 3. The zero-order valence-electron chi connectivity index (χ0n) is 29.0. The summed E-state index contributed by atoms with van der Waals surface area (Å²) in [6.07, 6.45) is 0.172. The average molecular weight is 698 g/mol. The van der Waals surface area contributed by atoms with Crippen molar-refractivity contribution in [2.24, 2.45) is 11.3 Å². The molecule has 6 rings (SSSR count). The Kier molecular flexibility index (Phi) is 9.91. The number of hydrogen-bond donors (Lipinski definition) is 4. The van der Waals surface area contributed by atoms with Gasteiger partial charge in [-0.15, -0.1) is 0 Å². The van der Waals surface area contributed by atoms with Crippen LogP contribution < -0.4 is 25.8 Å². The van der Waals surface area contributed by atoms with E-state index in [-0.39, 0.29) is 41.6 Å². The number of halogens is 2. The highest BCUT2D eigenvalue weighted by Gasteiger charge is 2.38. The number of aromatic nitrogens is 2. The lowest BCUT2D eigenvalue weighted by Gasteiger charge is -2.41. The maximum atomic E-state index is 15.3. The van der Waals surface area contributed by atoms with E-state index in [1.165, 1.54) is 6.07 Å². The van der Waals surface area contributed by atoms with Crippen LogP contribution in [0.4, 0.5) is 35.8 Å². The Morgan fingerprint density at radius 1 is 1.00 bits per heavy atom. The molecule has 4 aromatic rings. The maximum absolute atomic E-state index is 15.3. The fourth-order valence-electron chi connectivity index (χ4n) is 6.93. The summed E-state index contributed by atoms with van der Waals surface area (Å²) >= 11 is 0. The number of amides is 4. The Bertz CT molecular complexity index is 1940. The topological polar surface area (TPSA) is 140 Å². The van der Waals surface area contributed by atoms with Gasteiger partial charge in [-0.05, 0) is 66.5 Å². The predicted molar refractivity (Wildman–Crippen MR) is 190 cm³/mol. The van der Waals surface area contributed by atoms with Crippen LogP contribution in [0.3, 0.4) is 0 Å². The number of rotatable bonds is 8. The van der Waals surface area contributed by atoms with Gasteiger partial charge in [0.05, 0.1) is 12.2 Å². The Hall–Kier alpha value is -5.59. The molecule has 51 heavy (non-hydrogen) atoms. The van der Waals surface area contributed by atoms with Crippen LogP contribution in [0.2, 0.25) is 0 Å². The van der Waals surface area contributed by atoms with Gasteiger partial charge in [0.15, 0.2) is 5.82 Å². The Morgan fingerprint density at radius 3 is 2.33 bits per heavy atom. The lowest BCUT2D eigenvalue weighted by atomic mass is 9.75. The number of piperidine rings is 1. The second-order valence-electron chi connectivity index (χ2n) is 14.1. The first-order valence-electron chi connectivity index (χ1n) is 16.9. The minimum Gasteiger partial charge on any atom is -0.465 e. The van der Waals surface area contributed by atoms with Crippen LogP contribution in [0.5, 0.6) is 0 Å². The van der Waals surface area contributed by atoms with Crippen LogP contribution in [0, 0.1) is 29.9 Å². The van der Waals surface area contributed by atoms with Gasteiger partial charge in [0, 0.05) is 42.4 Å². The molecule has 13 heteroatoms. The van der Waals surface area contributed by atoms with Gasteiger partial charge >= 0.3 is 12.1 Å². The zero-order valence-corrected chi connectivity index (χ0v) is 29.0. The van der Waals surface area contributed by atoms with Crippen molar-refractivity contribution in [1.82, 2.24) is 25.9 Å². The van der Waals surface area contributed by atoms with E-state index < -0.39 is 29.4 Å². The number of urea groups is 1. The van der Waals surface area contributed by atoms with Gasteiger partial charge in [-0.1, -0.05) is 63.2 Å². The second-order valence-corrected chi connectivity index (χ2v) is 14.1. The molecule has 4 N–H and O–H groups in total. The van der Waals surface area contributed by atoms with Crippen molar-refractivity contribution in [1.29, 1.82) is 0 Å². The molecule has 1 atom stereocenters. The maximum Gasteiger partial charge on any atom is 0.404 e. The molecule has 0 saturated carbocycles. The van der Waals surface area contributed by atoms with Gasteiger partial charge in [-0.2, -0.15) is 4.98 Å². The molecule has 3 heterocycles. The molecule has 1 unspecified atom stereocenters. The third kappa shape index (κ3) is 7.47. The summed E-state index contributed by atoms with van der Waals surface area (Å²) in [5.74, 6) is -1.85. The number of nitrogens with zero attached hydrogens (tertiary/aromatic N) is 4. The molecule has 4 amide bonds. The normalized spacial score (nSPS) is 15.5. The van der Waals surface area contributed by atoms with E-state index in [0.29, 0.717) is 54.9 Å². The summed E-state index contributed by atoms with van der Waals surface area (Å²) in [7, 11) is 0. The number of carboxylic acid groups (broad SMARTS) is 1. The molecule has 11 nitrogen and oxygen atoms in total. The highest BCUT2D eigenvalue weighted by Crippen LogP contribution is 2.41. The quantitative estimate of drug-likeness (QED) is 0.157. The van der Waals surface area contributed by atoms with Crippen LogP contribution in [-0.4, -0.2) is 52.2 Å². The van der Waals surface area contributed by atoms with E-state index in [9.17, 15) is 19.5 Å². The first kappa shape index (κ1) is 35.2. The van der Waals surface area contributed by atoms with Crippen molar-refractivity contribution in [2.75, 3.05) is 22.9 Å². The van der Waals surface area contributed by atoms with E-state index in [0.717, 1.165) is 28.2 Å². The fourth-order valence-corrected chi connectivity index (χ4v) is 6.93. The number of aryl methyl sites for hydroxylation is 1. The van der Waals surface area contributed by atoms with Gasteiger partial charge in [-0.25, -0.2) is 28.3 Å². The van der Waals surface area contributed by atoms with Gasteiger partial charge in [0.2, 0.25) is 5.95 Å². The lowest BCUT2D eigenvalue weighted by molar-refractivity contribution is 0.0950. The van der Waals surface area contributed by atoms with Crippen molar-refractivity contribution in [3.8, 4) is 11.3 Å². The zero-order chi connectivity index (χ0) is 36.4. The number of para-hydroxylation sites is 1. The van der Waals surface area contributed by atoms with Crippen LogP contribution in [0.15, 0.2) is 66.7 Å². The van der Waals surface area contributed by atoms with Crippen molar-refractivity contribution in [2.45, 2.75) is 59.7 Å². The summed E-state index contributed by atoms with van der Waals surface area (Å²) in [6.45, 7) is 9.13. The minimum atomic E-state index is -1.08. The highest BCUT2D eigenvalue weighted by molar-refractivity contribution is 6.02. The molecule has 0 bridgehead atoms. The third-order valence-electron chi connectivity index (χ3n) is 9.52. The van der Waals surface area contributed by atoms with E-state index in [4.69, 9.17) is 9.97 Å². The van der Waals surface area contributed by atoms with E-state index in [1.54, 1.807) is 12.1 Å². The lowest BCUT2D eigenvalue weighted by Crippen LogP contribution is -2.51. The molecule has 3 aromatic carbocycles. The molecular weight excluding hydrogens is 656 g/mol. The second kappa shape index (κ2) is 14.3. The first-order chi connectivity index (χ1) is 24.3. The number of carbonyl (C=O) groups is 3. The van der Waals surface area contributed by atoms with Crippen molar-refractivity contribution >= 4 is 35.5 Å². The largest absolute Gasteiger partial charge is 0.465 e. The van der Waals surface area contributed by atoms with Gasteiger partial charge in [0.1, 0.15) is 17.3 Å². The predicted octanol–water partition coefficient (Wildman–Crippen LogP) is 6.92. The van der Waals surface area contributed by atoms with Crippen LogP contribution >= 0.6 is 0 Å². The molecule has 0 spiro atoms. The molecule has 1 fully saturated rings. The molecule has 1 aromatic heterocycles. The standard InChI is InChI=1S/C38H41F2N7O4/c1-22-13-14-25(34(48)41-20-23-9-6-5-7-10-23)19-26(22)30-27-21-42-36(49)47(31-28(39)11-8-12-29(31)40)33(27)45-35(43-30)46-17-15-24(16-18-46)32(38(2,3)4)44-37(50)51/h5-14,19,24,32,44H,15-18,20-21H2,1-4H3,(H,41,48)(H,42,49)(H,50,51). The Labute approximate surface area is 295 Å². The number of benzene rings is 3. The summed E-state index contributed by atoms with van der Waals surface area (Å²) < 4.78 is 30.6. The smallest absolute Gasteiger partial charge is 0.404 e. The summed E-state index contributed by atoms with van der Waals surface area (Å²) in [5, 5.41) is 17.9. The van der Waals surface area contributed by atoms with Crippen molar-refractivity contribution in [3.63, 3.8) is 0 Å². The van der Waals surface area contributed by atoms with Gasteiger partial charge in [-0.3, -0.25) is 4.79 Å². The van der Waals surface area contributed by atoms with Gasteiger partial charge < -0.3 is 26.0 Å². The first-order valence-corrected chi connectivity index (χ1v) is 16.9. The minimum absolute atomic E-state index is 0.0174. The number of carbonyl (C=O) groups excluding carboxylic acids is 2. The molecule has 1 saturated heterocycles. The SMILES string of the molecule is Cc1ccc(C(=O)NCc2ccccc2)cc1-c1nc(N2CCC(C(NC(=O)O)C(C)(C)C)CC2)nc2c1CNC(=O)N2c1c(F)cccc1F. The van der Waals surface area contributed by atoms with Crippen molar-refractivity contribution in [3.05, 3.63) is 101 Å². The average Bonchev–Trinajstić information content (AvgIpc) is 3.10. The van der Waals surface area contributed by atoms with Crippen LogP contribution in [0.1, 0.15) is 60.7 Å². The number of hydrogen-bond acceptors (Lipinski definition) is 6. The third-order valence-corrected chi connectivity index (χ3v) is 9.52. The molecule has 266 valence electrons. The number of nitrogens with one attached hydrogen (secondary N) is 3. The molecule has 0 aliphatic carbocycles. The molecule has 2 aliphatic heterocycles. The highest BCUT2D eigenvalue weighted by atomic mass is 19.1. The molecular formula is C38H41F2N7O4. The Balaban J connectivity index is 1.42. The monoisotopic (exact) mass is 697 g/mol.